The van der Waals surface area contributed by atoms with Crippen LogP contribution in [0.2, 0.25) is 0 Å². The van der Waals surface area contributed by atoms with Gasteiger partial charge in [0.15, 0.2) is 0 Å². The van der Waals surface area contributed by atoms with Crippen LogP contribution in [0, 0.1) is 0 Å². The molecule has 4 N–H and O–H groups in total. The van der Waals surface area contributed by atoms with E-state index >= 15 is 0 Å². The van der Waals surface area contributed by atoms with E-state index in [0.29, 0.717) is 64.4 Å². The lowest BCUT2D eigenvalue weighted by atomic mass is 10.0. The molecule has 2 unspecified atom stereocenters. The number of nitrogens with one attached hydrogen (secondary N) is 4. The summed E-state index contributed by atoms with van der Waals surface area (Å²) in [5, 5.41) is 11.9. The van der Waals surface area contributed by atoms with Gasteiger partial charge in [0.05, 0.1) is 51.7 Å². The summed E-state index contributed by atoms with van der Waals surface area (Å²) in [6.45, 7) is 3.16. The highest BCUT2D eigenvalue weighted by Gasteiger charge is 2.42. The predicted octanol–water partition coefficient (Wildman–Crippen LogP) is -0.690. The average molecular weight is 570 g/mol. The Hall–Kier alpha value is -2.68. The summed E-state index contributed by atoms with van der Waals surface area (Å²) in [6.07, 6.45) is 5.70. The summed E-state index contributed by atoms with van der Waals surface area (Å²) in [6, 6.07) is 0.376. The first-order valence-electron chi connectivity index (χ1n) is 13.4. The van der Waals surface area contributed by atoms with Gasteiger partial charge in [-0.25, -0.2) is 4.79 Å². The minimum atomic E-state index is -0.400. The van der Waals surface area contributed by atoms with E-state index in [0.717, 1.165) is 29.9 Å². The Balaban J connectivity index is 1.02. The summed E-state index contributed by atoms with van der Waals surface area (Å²) in [5.41, 5.74) is 0. The zero-order valence-corrected chi connectivity index (χ0v) is 22.9. The van der Waals surface area contributed by atoms with Crippen molar-refractivity contribution in [2.45, 2.75) is 49.4 Å². The highest BCUT2D eigenvalue weighted by molar-refractivity contribution is 8.00. The van der Waals surface area contributed by atoms with Crippen molar-refractivity contribution in [3.63, 3.8) is 0 Å². The molecule has 0 saturated carbocycles. The van der Waals surface area contributed by atoms with Gasteiger partial charge in [-0.1, -0.05) is 6.42 Å². The number of amides is 6. The van der Waals surface area contributed by atoms with Gasteiger partial charge in [-0.2, -0.15) is 11.8 Å². The molecule has 2 saturated heterocycles. The Morgan fingerprint density at radius 2 is 1.44 bits per heavy atom. The average Bonchev–Trinajstić information content (AvgIpc) is 3.57. The molecule has 3 heterocycles. The first-order valence-corrected chi connectivity index (χ1v) is 14.5. The zero-order chi connectivity index (χ0) is 27.9. The Labute approximate surface area is 232 Å². The summed E-state index contributed by atoms with van der Waals surface area (Å²) < 4.78 is 16.2. The van der Waals surface area contributed by atoms with E-state index in [1.807, 2.05) is 11.8 Å². The van der Waals surface area contributed by atoms with E-state index in [2.05, 4.69) is 21.3 Å². The largest absolute Gasteiger partial charge is 0.377 e. The smallest absolute Gasteiger partial charge is 0.315 e. The molecule has 2 fully saturated rings. The maximum atomic E-state index is 12.0. The fourth-order valence-corrected chi connectivity index (χ4v) is 5.93. The molecular weight excluding hydrogens is 530 g/mol. The van der Waals surface area contributed by atoms with E-state index in [4.69, 9.17) is 14.2 Å². The summed E-state index contributed by atoms with van der Waals surface area (Å²) >= 11 is 1.89. The number of hydrogen-bond acceptors (Lipinski definition) is 9. The number of carbonyl (C=O) groups excluding carboxylic acids is 5. The molecule has 0 radical (unpaired) electrons. The van der Waals surface area contributed by atoms with Crippen LogP contribution in [0.1, 0.15) is 32.1 Å². The second-order valence-electron chi connectivity index (χ2n) is 9.32. The number of rotatable bonds is 20. The number of carbonyl (C=O) groups is 5. The minimum absolute atomic E-state index is 0.0186. The highest BCUT2D eigenvalue weighted by Crippen LogP contribution is 2.33. The SMILES string of the molecule is O=C(CCCC[C@@H]1SCC2NC(=O)NC21)NCCOCCOCCOCCNC(=O)CCN1C(=O)C=CC1=O. The molecule has 6 amide bonds. The maximum Gasteiger partial charge on any atom is 0.315 e. The molecule has 3 atom stereocenters. The second-order valence-corrected chi connectivity index (χ2v) is 10.6. The zero-order valence-electron chi connectivity index (χ0n) is 22.1. The van der Waals surface area contributed by atoms with E-state index in [1.165, 1.54) is 12.2 Å². The molecule has 0 aromatic heterocycles. The van der Waals surface area contributed by atoms with Gasteiger partial charge in [0.25, 0.3) is 11.8 Å². The Kier molecular flexibility index (Phi) is 13.5. The summed E-state index contributed by atoms with van der Waals surface area (Å²) in [7, 11) is 0. The molecule has 0 spiro atoms. The van der Waals surface area contributed by atoms with Crippen LogP contribution in [-0.4, -0.2) is 117 Å². The van der Waals surface area contributed by atoms with E-state index < -0.39 is 11.8 Å². The molecule has 39 heavy (non-hydrogen) atoms. The van der Waals surface area contributed by atoms with Crippen LogP contribution in [0.15, 0.2) is 12.2 Å². The Morgan fingerprint density at radius 1 is 0.846 bits per heavy atom. The molecule has 0 aromatic carbocycles. The lowest BCUT2D eigenvalue weighted by molar-refractivity contribution is -0.137. The lowest BCUT2D eigenvalue weighted by Crippen LogP contribution is -2.36. The third kappa shape index (κ3) is 11.1. The number of thioether (sulfide) groups is 1. The van der Waals surface area contributed by atoms with Crippen molar-refractivity contribution in [2.24, 2.45) is 0 Å². The number of ether oxygens (including phenoxy) is 3. The van der Waals surface area contributed by atoms with Crippen molar-refractivity contribution in [3.8, 4) is 0 Å². The second kappa shape index (κ2) is 17.1. The standard InChI is InChI=1S/C25H39N5O8S/c31-20(4-2-1-3-19-24-18(17-39-19)28-25(35)29-24)26-8-11-36-13-15-38-16-14-37-12-9-27-21(32)7-10-30-22(33)5-6-23(30)34/h5-6,18-19,24H,1-4,7-17H2,(H,26,31)(H,27,32)(H2,28,29,35)/t18?,19-,24?/m0/s1. The normalized spacial score (nSPS) is 21.7. The molecular formula is C25H39N5O8S. The van der Waals surface area contributed by atoms with Crippen molar-refractivity contribution >= 4 is 41.4 Å². The number of imide groups is 1. The third-order valence-electron chi connectivity index (χ3n) is 6.42. The van der Waals surface area contributed by atoms with Crippen LogP contribution in [0.3, 0.4) is 0 Å². The first-order chi connectivity index (χ1) is 18.9. The summed E-state index contributed by atoms with van der Waals surface area (Å²) in [5.74, 6) is -0.0896. The lowest BCUT2D eigenvalue weighted by Gasteiger charge is -2.16. The van der Waals surface area contributed by atoms with Crippen molar-refractivity contribution in [1.29, 1.82) is 0 Å². The number of urea groups is 1. The van der Waals surface area contributed by atoms with Crippen LogP contribution in [0.25, 0.3) is 0 Å². The van der Waals surface area contributed by atoms with Crippen LogP contribution in [-0.2, 0) is 33.4 Å². The summed E-state index contributed by atoms with van der Waals surface area (Å²) in [4.78, 5) is 59.0. The van der Waals surface area contributed by atoms with E-state index in [1.54, 1.807) is 0 Å². The Bertz CT molecular complexity index is 871. The molecule has 3 rings (SSSR count). The highest BCUT2D eigenvalue weighted by atomic mass is 32.2. The van der Waals surface area contributed by atoms with Gasteiger partial charge in [0, 0.05) is 55.6 Å². The number of fused-ring (bicyclic) bond motifs is 1. The van der Waals surface area contributed by atoms with Gasteiger partial charge < -0.3 is 35.5 Å². The van der Waals surface area contributed by atoms with Crippen LogP contribution < -0.4 is 21.3 Å². The Morgan fingerprint density at radius 3 is 2.08 bits per heavy atom. The van der Waals surface area contributed by atoms with E-state index in [9.17, 15) is 24.0 Å². The van der Waals surface area contributed by atoms with Crippen molar-refractivity contribution in [1.82, 2.24) is 26.2 Å². The fourth-order valence-electron chi connectivity index (χ4n) is 4.38. The van der Waals surface area contributed by atoms with Gasteiger partial charge in [0.1, 0.15) is 0 Å². The minimum Gasteiger partial charge on any atom is -0.377 e. The fraction of sp³-hybridized carbons (Fsp3) is 0.720. The van der Waals surface area contributed by atoms with Gasteiger partial charge in [-0.3, -0.25) is 24.1 Å². The van der Waals surface area contributed by atoms with Gasteiger partial charge >= 0.3 is 6.03 Å². The molecule has 3 aliphatic rings. The van der Waals surface area contributed by atoms with Gasteiger partial charge in [-0.05, 0) is 12.8 Å². The van der Waals surface area contributed by atoms with Gasteiger partial charge in [-0.15, -0.1) is 0 Å². The first kappa shape index (κ1) is 30.9. The van der Waals surface area contributed by atoms with Crippen LogP contribution in [0.5, 0.6) is 0 Å². The molecule has 0 bridgehead atoms. The molecule has 0 aliphatic carbocycles. The molecule has 13 nitrogen and oxygen atoms in total. The van der Waals surface area contributed by atoms with Gasteiger partial charge in [0.2, 0.25) is 11.8 Å². The van der Waals surface area contributed by atoms with Crippen molar-refractivity contribution < 1.29 is 38.2 Å². The van der Waals surface area contributed by atoms with E-state index in [-0.39, 0.29) is 42.9 Å². The molecule has 3 aliphatic heterocycles. The number of nitrogens with zero attached hydrogens (tertiary/aromatic N) is 1. The predicted molar refractivity (Wildman–Crippen MR) is 143 cm³/mol. The van der Waals surface area contributed by atoms with Crippen molar-refractivity contribution in [3.05, 3.63) is 12.2 Å². The number of unbranched alkanes of at least 4 members (excludes halogenated alkanes) is 1. The number of hydrogen-bond donors (Lipinski definition) is 4. The topological polar surface area (TPSA) is 164 Å². The van der Waals surface area contributed by atoms with Crippen LogP contribution in [0.4, 0.5) is 4.79 Å². The molecule has 218 valence electrons. The van der Waals surface area contributed by atoms with Crippen LogP contribution >= 0.6 is 11.8 Å². The molecule has 14 heteroatoms. The third-order valence-corrected chi connectivity index (χ3v) is 7.93. The monoisotopic (exact) mass is 569 g/mol. The van der Waals surface area contributed by atoms with Crippen molar-refractivity contribution in [2.75, 3.05) is 65.0 Å². The quantitative estimate of drug-likeness (QED) is 0.0844. The molecule has 0 aromatic rings. The maximum absolute atomic E-state index is 12.0.